The summed E-state index contributed by atoms with van der Waals surface area (Å²) in [6.07, 6.45) is 12.2. The molecule has 7 nitrogen and oxygen atoms in total. The Balaban J connectivity index is 1.22. The minimum absolute atomic E-state index is 0.165. The van der Waals surface area contributed by atoms with E-state index in [0.717, 1.165) is 69.3 Å². The summed E-state index contributed by atoms with van der Waals surface area (Å²) in [5, 5.41) is 9.17. The monoisotopic (exact) mass is 399 g/mol. The molecular formula is C22H33N5O2. The van der Waals surface area contributed by atoms with E-state index in [-0.39, 0.29) is 17.4 Å². The molecule has 1 aromatic rings. The molecule has 5 saturated carbocycles. The highest BCUT2D eigenvalue weighted by Crippen LogP contribution is 2.58. The van der Waals surface area contributed by atoms with Crippen molar-refractivity contribution in [2.24, 2.45) is 23.7 Å². The minimum atomic E-state index is 0.165. The fraction of sp³-hybridized carbons (Fsp3) is 0.864. The van der Waals surface area contributed by atoms with Gasteiger partial charge in [-0.2, -0.15) is 0 Å². The van der Waals surface area contributed by atoms with Gasteiger partial charge in [0.2, 0.25) is 5.91 Å². The zero-order valence-corrected chi connectivity index (χ0v) is 17.3. The van der Waals surface area contributed by atoms with Crippen molar-refractivity contribution in [1.82, 2.24) is 19.9 Å². The average molecular weight is 400 g/mol. The number of nitrogens with zero attached hydrogens (tertiary/aromatic N) is 5. The molecular weight excluding hydrogens is 366 g/mol. The predicted octanol–water partition coefficient (Wildman–Crippen LogP) is 2.28. The fourth-order valence-corrected chi connectivity index (χ4v) is 6.91. The van der Waals surface area contributed by atoms with Gasteiger partial charge in [-0.3, -0.25) is 14.6 Å². The molecule has 0 atom stereocenters. The Morgan fingerprint density at radius 3 is 2.38 bits per heavy atom. The van der Waals surface area contributed by atoms with Crippen LogP contribution in [0.2, 0.25) is 0 Å². The first-order valence-electron chi connectivity index (χ1n) is 11.7. The van der Waals surface area contributed by atoms with Crippen molar-refractivity contribution >= 4 is 11.7 Å². The number of anilines is 1. The Bertz CT molecular complexity index is 732. The molecule has 1 aliphatic heterocycles. The van der Waals surface area contributed by atoms with Crippen molar-refractivity contribution in [2.75, 3.05) is 44.3 Å². The van der Waals surface area contributed by atoms with Crippen LogP contribution in [-0.4, -0.2) is 65.2 Å². The maximum Gasteiger partial charge on any atom is 0.231 e. The lowest BCUT2D eigenvalue weighted by Crippen LogP contribution is -2.52. The Kier molecular flexibility index (Phi) is 4.45. The highest BCUT2D eigenvalue weighted by atomic mass is 16.5. The number of morpholine rings is 1. The number of ether oxygens (including phenoxy) is 1. The van der Waals surface area contributed by atoms with Gasteiger partial charge in [-0.15, -0.1) is 5.10 Å². The van der Waals surface area contributed by atoms with E-state index in [0.29, 0.717) is 6.54 Å². The average Bonchev–Trinajstić information content (AvgIpc) is 3.45. The van der Waals surface area contributed by atoms with Crippen molar-refractivity contribution in [3.8, 4) is 0 Å². The van der Waals surface area contributed by atoms with Gasteiger partial charge < -0.3 is 4.74 Å². The normalized spacial score (nSPS) is 36.5. The first kappa shape index (κ1) is 18.3. The molecule has 0 aromatic carbocycles. The highest BCUT2D eigenvalue weighted by molar-refractivity contribution is 5.95. The predicted molar refractivity (Wildman–Crippen MR) is 109 cm³/mol. The van der Waals surface area contributed by atoms with Crippen molar-refractivity contribution in [3.63, 3.8) is 0 Å². The van der Waals surface area contributed by atoms with Gasteiger partial charge in [0.1, 0.15) is 0 Å². The molecule has 6 fully saturated rings. The van der Waals surface area contributed by atoms with Gasteiger partial charge in [-0.05, 0) is 69.1 Å². The molecule has 5 aliphatic carbocycles. The lowest BCUT2D eigenvalue weighted by atomic mass is 9.53. The second kappa shape index (κ2) is 7.05. The van der Waals surface area contributed by atoms with E-state index >= 15 is 0 Å². The van der Waals surface area contributed by atoms with E-state index in [4.69, 9.17) is 4.74 Å². The van der Waals surface area contributed by atoms with E-state index in [1.807, 2.05) is 4.90 Å². The quantitative estimate of drug-likeness (QED) is 0.734. The third-order valence-corrected chi connectivity index (χ3v) is 8.19. The summed E-state index contributed by atoms with van der Waals surface area (Å²) in [6.45, 7) is 5.06. The van der Waals surface area contributed by atoms with Crippen LogP contribution >= 0.6 is 0 Å². The van der Waals surface area contributed by atoms with Crippen molar-refractivity contribution < 1.29 is 9.53 Å². The molecule has 1 amide bonds. The number of hydrogen-bond acceptors (Lipinski definition) is 5. The number of carbonyl (C=O) groups is 1. The van der Waals surface area contributed by atoms with Crippen LogP contribution in [0.25, 0.3) is 0 Å². The fourth-order valence-electron chi connectivity index (χ4n) is 6.91. The van der Waals surface area contributed by atoms with E-state index < -0.39 is 0 Å². The molecule has 1 saturated heterocycles. The first-order valence-corrected chi connectivity index (χ1v) is 11.7. The number of carbonyl (C=O) groups excluding carboxylic acids is 1. The van der Waals surface area contributed by atoms with E-state index in [9.17, 15) is 4.79 Å². The molecule has 1 aromatic heterocycles. The number of hydrogen-bond donors (Lipinski definition) is 0. The number of amides is 1. The molecule has 2 heterocycles. The number of rotatable bonds is 6. The minimum Gasteiger partial charge on any atom is -0.379 e. The Morgan fingerprint density at radius 2 is 1.76 bits per heavy atom. The molecule has 0 unspecified atom stereocenters. The molecule has 0 N–H and O–H groups in total. The Labute approximate surface area is 172 Å². The van der Waals surface area contributed by atoms with E-state index in [1.54, 1.807) is 0 Å². The van der Waals surface area contributed by atoms with Crippen LogP contribution in [0.5, 0.6) is 0 Å². The highest BCUT2D eigenvalue weighted by Gasteiger charge is 2.52. The summed E-state index contributed by atoms with van der Waals surface area (Å²) in [7, 11) is 0. The van der Waals surface area contributed by atoms with Gasteiger partial charge in [0.25, 0.3) is 0 Å². The molecule has 7 rings (SSSR count). The Hall–Kier alpha value is -1.47. The summed E-state index contributed by atoms with van der Waals surface area (Å²) >= 11 is 0. The van der Waals surface area contributed by atoms with Crippen LogP contribution in [0, 0.1) is 23.7 Å². The third-order valence-electron chi connectivity index (χ3n) is 8.19. The van der Waals surface area contributed by atoms with Crippen molar-refractivity contribution in [2.45, 2.75) is 56.9 Å². The van der Waals surface area contributed by atoms with Gasteiger partial charge in [0.15, 0.2) is 5.82 Å². The van der Waals surface area contributed by atoms with Crippen LogP contribution in [-0.2, 0) is 15.1 Å². The molecule has 7 heteroatoms. The van der Waals surface area contributed by atoms with Gasteiger partial charge in [0.05, 0.1) is 24.9 Å². The molecule has 0 spiro atoms. The zero-order chi connectivity index (χ0) is 19.4. The maximum atomic E-state index is 13.0. The summed E-state index contributed by atoms with van der Waals surface area (Å²) in [6, 6.07) is 0. The first-order chi connectivity index (χ1) is 14.2. The lowest BCUT2D eigenvalue weighted by Gasteiger charge is -2.56. The van der Waals surface area contributed by atoms with E-state index in [2.05, 4.69) is 26.1 Å². The standard InChI is InChI=1S/C22H33N5O2/c28-21(19-1-2-19)26(4-3-25-5-7-29-8-6-25)20-15-27(24-23-20)22-12-16-9-17(13-22)11-18(10-16)14-22/h15-19H,1-14H2. The number of aromatic nitrogens is 3. The van der Waals surface area contributed by atoms with E-state index in [1.165, 1.54) is 38.5 Å². The van der Waals surface area contributed by atoms with Crippen molar-refractivity contribution in [1.29, 1.82) is 0 Å². The Morgan fingerprint density at radius 1 is 1.10 bits per heavy atom. The van der Waals surface area contributed by atoms with Crippen LogP contribution in [0.3, 0.4) is 0 Å². The topological polar surface area (TPSA) is 63.5 Å². The molecule has 6 aliphatic rings. The largest absolute Gasteiger partial charge is 0.379 e. The molecule has 4 bridgehead atoms. The van der Waals surface area contributed by atoms with Gasteiger partial charge in [-0.1, -0.05) is 5.21 Å². The summed E-state index contributed by atoms with van der Waals surface area (Å²) < 4.78 is 7.63. The van der Waals surface area contributed by atoms with Gasteiger partial charge in [-0.25, -0.2) is 4.68 Å². The second-order valence-corrected chi connectivity index (χ2v) is 10.4. The smallest absolute Gasteiger partial charge is 0.231 e. The SMILES string of the molecule is O=C(C1CC1)N(CCN1CCOCC1)c1cn(C23CC4CC(CC(C4)C2)C3)nn1. The molecule has 0 radical (unpaired) electrons. The van der Waals surface area contributed by atoms with Gasteiger partial charge in [0, 0.05) is 32.1 Å². The van der Waals surface area contributed by atoms with Gasteiger partial charge >= 0.3 is 0 Å². The lowest BCUT2D eigenvalue weighted by molar-refractivity contribution is -0.119. The summed E-state index contributed by atoms with van der Waals surface area (Å²) in [5.41, 5.74) is 0.165. The third kappa shape index (κ3) is 3.40. The maximum absolute atomic E-state index is 13.0. The summed E-state index contributed by atoms with van der Waals surface area (Å²) in [5.74, 6) is 3.84. The van der Waals surface area contributed by atoms with Crippen LogP contribution in [0.15, 0.2) is 6.20 Å². The van der Waals surface area contributed by atoms with Crippen LogP contribution < -0.4 is 4.90 Å². The zero-order valence-electron chi connectivity index (χ0n) is 17.3. The second-order valence-electron chi connectivity index (χ2n) is 10.4. The molecule has 158 valence electrons. The van der Waals surface area contributed by atoms with Crippen LogP contribution in [0.1, 0.15) is 51.4 Å². The van der Waals surface area contributed by atoms with Crippen LogP contribution in [0.4, 0.5) is 5.82 Å². The van der Waals surface area contributed by atoms with Crippen molar-refractivity contribution in [3.05, 3.63) is 6.20 Å². The summed E-state index contributed by atoms with van der Waals surface area (Å²) in [4.78, 5) is 17.4. The molecule has 29 heavy (non-hydrogen) atoms.